The Morgan fingerprint density at radius 1 is 1.40 bits per heavy atom. The lowest BCUT2D eigenvalue weighted by Gasteiger charge is -2.15. The van der Waals surface area contributed by atoms with Crippen molar-refractivity contribution in [3.8, 4) is 0 Å². The van der Waals surface area contributed by atoms with Gasteiger partial charge in [0.15, 0.2) is 6.29 Å². The first-order chi connectivity index (χ1) is 9.49. The van der Waals surface area contributed by atoms with Gasteiger partial charge in [-0.05, 0) is 19.1 Å². The predicted molar refractivity (Wildman–Crippen MR) is 80.7 cm³/mol. The van der Waals surface area contributed by atoms with Gasteiger partial charge in [0.1, 0.15) is 5.82 Å². The van der Waals surface area contributed by atoms with Crippen molar-refractivity contribution in [3.63, 3.8) is 0 Å². The third-order valence-electron chi connectivity index (χ3n) is 3.01. The Morgan fingerprint density at radius 3 is 2.80 bits per heavy atom. The lowest BCUT2D eigenvalue weighted by molar-refractivity contribution is -0.0423. The average Bonchev–Trinajstić information content (AvgIpc) is 2.38. The summed E-state index contributed by atoms with van der Waals surface area (Å²) in [6.45, 7) is 2.26. The van der Waals surface area contributed by atoms with Crippen LogP contribution < -0.4 is 11.1 Å². The quantitative estimate of drug-likeness (QED) is 0.634. The van der Waals surface area contributed by atoms with Crippen LogP contribution in [0.25, 0.3) is 10.9 Å². The highest BCUT2D eigenvalue weighted by Gasteiger charge is 2.12. The second-order valence-corrected chi connectivity index (χ2v) is 5.13. The zero-order chi connectivity index (χ0) is 14.7. The zero-order valence-electron chi connectivity index (χ0n) is 11.2. The van der Waals surface area contributed by atoms with Gasteiger partial charge in [-0.25, -0.2) is 4.98 Å². The van der Waals surface area contributed by atoms with E-state index < -0.39 is 6.29 Å². The van der Waals surface area contributed by atoms with Gasteiger partial charge in [-0.3, -0.25) is 0 Å². The van der Waals surface area contributed by atoms with E-state index in [0.29, 0.717) is 22.9 Å². The van der Waals surface area contributed by atoms with Gasteiger partial charge in [-0.2, -0.15) is 0 Å². The number of nitrogens with zero attached hydrogens (tertiary/aromatic N) is 1. The largest absolute Gasteiger partial charge is 0.370 e. The molecule has 0 saturated heterocycles. The Hall–Kier alpha value is -1.40. The first-order valence-electron chi connectivity index (χ1n) is 6.44. The minimum atomic E-state index is -1.34. The molecule has 0 fully saturated rings. The molecule has 5 N–H and O–H groups in total. The summed E-state index contributed by atoms with van der Waals surface area (Å²) < 4.78 is 0. The SMILES string of the molecule is C[C@H](N)c1cc2cccc(Cl)c2nc1NCCC(O)O. The van der Waals surface area contributed by atoms with E-state index in [1.807, 2.05) is 25.1 Å². The van der Waals surface area contributed by atoms with Crippen molar-refractivity contribution < 1.29 is 10.2 Å². The lowest BCUT2D eigenvalue weighted by atomic mass is 10.1. The first kappa shape index (κ1) is 15.0. The number of fused-ring (bicyclic) bond motifs is 1. The molecule has 0 amide bonds. The van der Waals surface area contributed by atoms with Gasteiger partial charge in [-0.15, -0.1) is 0 Å². The highest BCUT2D eigenvalue weighted by Crippen LogP contribution is 2.28. The van der Waals surface area contributed by atoms with Crippen molar-refractivity contribution in [1.29, 1.82) is 0 Å². The molecule has 1 atom stereocenters. The minimum Gasteiger partial charge on any atom is -0.370 e. The van der Waals surface area contributed by atoms with Gasteiger partial charge < -0.3 is 21.3 Å². The fourth-order valence-electron chi connectivity index (χ4n) is 1.99. The Morgan fingerprint density at radius 2 is 2.15 bits per heavy atom. The Bertz CT molecular complexity index is 602. The van der Waals surface area contributed by atoms with Gasteiger partial charge in [0, 0.05) is 30.0 Å². The summed E-state index contributed by atoms with van der Waals surface area (Å²) in [5, 5.41) is 22.3. The number of nitrogens with one attached hydrogen (secondary N) is 1. The number of benzene rings is 1. The standard InChI is InChI=1S/C14H18ClN3O2/c1-8(16)10-7-9-3-2-4-11(15)13(9)18-14(10)17-6-5-12(19)20/h2-4,7-8,12,19-20H,5-6,16H2,1H3,(H,17,18)/t8-/m0/s1. The van der Waals surface area contributed by atoms with Crippen molar-refractivity contribution in [3.05, 3.63) is 34.9 Å². The number of anilines is 1. The predicted octanol–water partition coefficient (Wildman–Crippen LogP) is 2.02. The maximum atomic E-state index is 8.87. The molecule has 1 aromatic heterocycles. The molecule has 2 rings (SSSR count). The molecule has 0 spiro atoms. The second-order valence-electron chi connectivity index (χ2n) is 4.72. The Labute approximate surface area is 122 Å². The molecule has 6 heteroatoms. The van der Waals surface area contributed by atoms with Crippen LogP contribution in [-0.4, -0.2) is 28.0 Å². The fourth-order valence-corrected chi connectivity index (χ4v) is 2.21. The molecule has 0 bridgehead atoms. The smallest absolute Gasteiger partial charge is 0.153 e. The van der Waals surface area contributed by atoms with Crippen LogP contribution in [0.15, 0.2) is 24.3 Å². The summed E-state index contributed by atoms with van der Waals surface area (Å²) in [6, 6.07) is 7.35. The number of aliphatic hydroxyl groups excluding tert-OH is 1. The van der Waals surface area contributed by atoms with E-state index in [0.717, 1.165) is 10.9 Å². The second kappa shape index (κ2) is 6.37. The van der Waals surface area contributed by atoms with Crippen LogP contribution in [0.1, 0.15) is 24.9 Å². The van der Waals surface area contributed by atoms with Crippen molar-refractivity contribution in [2.75, 3.05) is 11.9 Å². The van der Waals surface area contributed by atoms with Crippen LogP contribution in [0.3, 0.4) is 0 Å². The number of nitrogens with two attached hydrogens (primary N) is 1. The van der Waals surface area contributed by atoms with Crippen molar-refractivity contribution in [2.24, 2.45) is 5.73 Å². The number of halogens is 1. The van der Waals surface area contributed by atoms with E-state index in [2.05, 4.69) is 10.3 Å². The third-order valence-corrected chi connectivity index (χ3v) is 3.32. The van der Waals surface area contributed by atoms with E-state index >= 15 is 0 Å². The molecule has 0 unspecified atom stereocenters. The molecular formula is C14H18ClN3O2. The maximum Gasteiger partial charge on any atom is 0.153 e. The molecule has 5 nitrogen and oxygen atoms in total. The number of hydrogen-bond acceptors (Lipinski definition) is 5. The Balaban J connectivity index is 2.39. The monoisotopic (exact) mass is 295 g/mol. The van der Waals surface area contributed by atoms with Crippen LogP contribution >= 0.6 is 11.6 Å². The number of para-hydroxylation sites is 1. The highest BCUT2D eigenvalue weighted by molar-refractivity contribution is 6.35. The van der Waals surface area contributed by atoms with E-state index in [1.54, 1.807) is 6.07 Å². The summed E-state index contributed by atoms with van der Waals surface area (Å²) in [5.41, 5.74) is 7.53. The molecule has 20 heavy (non-hydrogen) atoms. The normalized spacial score (nSPS) is 12.9. The lowest BCUT2D eigenvalue weighted by Crippen LogP contribution is -2.16. The van der Waals surface area contributed by atoms with E-state index in [-0.39, 0.29) is 12.5 Å². The van der Waals surface area contributed by atoms with Crippen molar-refractivity contribution >= 4 is 28.3 Å². The number of hydrogen-bond donors (Lipinski definition) is 4. The van der Waals surface area contributed by atoms with Crippen LogP contribution in [0, 0.1) is 0 Å². The molecule has 0 aliphatic heterocycles. The molecular weight excluding hydrogens is 278 g/mol. The van der Waals surface area contributed by atoms with E-state index in [9.17, 15) is 0 Å². The molecule has 1 aromatic carbocycles. The summed E-state index contributed by atoms with van der Waals surface area (Å²) in [7, 11) is 0. The summed E-state index contributed by atoms with van der Waals surface area (Å²) in [4.78, 5) is 4.51. The van der Waals surface area contributed by atoms with Crippen molar-refractivity contribution in [1.82, 2.24) is 4.98 Å². The molecule has 0 radical (unpaired) electrons. The van der Waals surface area contributed by atoms with Gasteiger partial charge in [-0.1, -0.05) is 23.7 Å². The Kier molecular flexibility index (Phi) is 4.77. The number of rotatable bonds is 5. The average molecular weight is 296 g/mol. The number of aromatic nitrogens is 1. The molecule has 0 aliphatic rings. The van der Waals surface area contributed by atoms with Crippen LogP contribution in [0.4, 0.5) is 5.82 Å². The molecule has 1 heterocycles. The molecule has 108 valence electrons. The molecule has 0 saturated carbocycles. The van der Waals surface area contributed by atoms with Gasteiger partial charge in [0.2, 0.25) is 0 Å². The van der Waals surface area contributed by atoms with Crippen LogP contribution in [-0.2, 0) is 0 Å². The summed E-state index contributed by atoms with van der Waals surface area (Å²) >= 11 is 6.14. The highest BCUT2D eigenvalue weighted by atomic mass is 35.5. The van der Waals surface area contributed by atoms with Gasteiger partial charge >= 0.3 is 0 Å². The fraction of sp³-hybridized carbons (Fsp3) is 0.357. The first-order valence-corrected chi connectivity index (χ1v) is 6.81. The van der Waals surface area contributed by atoms with E-state index in [1.165, 1.54) is 0 Å². The van der Waals surface area contributed by atoms with Gasteiger partial charge in [0.25, 0.3) is 0 Å². The maximum absolute atomic E-state index is 8.87. The third kappa shape index (κ3) is 3.37. The van der Waals surface area contributed by atoms with Crippen LogP contribution in [0.5, 0.6) is 0 Å². The molecule has 2 aromatic rings. The minimum absolute atomic E-state index is 0.188. The summed E-state index contributed by atoms with van der Waals surface area (Å²) in [5.74, 6) is 0.626. The van der Waals surface area contributed by atoms with E-state index in [4.69, 9.17) is 27.5 Å². The molecule has 0 aliphatic carbocycles. The van der Waals surface area contributed by atoms with Crippen LogP contribution in [0.2, 0.25) is 5.02 Å². The number of aliphatic hydroxyl groups is 2. The zero-order valence-corrected chi connectivity index (χ0v) is 11.9. The van der Waals surface area contributed by atoms with Gasteiger partial charge in [0.05, 0.1) is 10.5 Å². The number of pyridine rings is 1. The summed E-state index contributed by atoms with van der Waals surface area (Å²) in [6.07, 6.45) is -1.13. The topological polar surface area (TPSA) is 91.4 Å². The van der Waals surface area contributed by atoms with Crippen molar-refractivity contribution in [2.45, 2.75) is 25.7 Å².